The first-order chi connectivity index (χ1) is 13.9. The van der Waals surface area contributed by atoms with Crippen molar-refractivity contribution in [2.75, 3.05) is 13.1 Å². The lowest BCUT2D eigenvalue weighted by Crippen LogP contribution is -2.45. The third-order valence-electron chi connectivity index (χ3n) is 6.42. The van der Waals surface area contributed by atoms with Gasteiger partial charge in [-0.2, -0.15) is 13.2 Å². The molecule has 2 aliphatic heterocycles. The molecule has 0 aliphatic carbocycles. The zero-order valence-electron chi connectivity index (χ0n) is 16.3. The van der Waals surface area contributed by atoms with Crippen LogP contribution in [0.3, 0.4) is 0 Å². The highest BCUT2D eigenvalue weighted by Crippen LogP contribution is 2.44. The van der Waals surface area contributed by atoms with E-state index < -0.39 is 11.7 Å². The molecule has 2 fully saturated rings. The number of piperidine rings is 1. The van der Waals surface area contributed by atoms with Crippen molar-refractivity contribution in [2.24, 2.45) is 0 Å². The monoisotopic (exact) mass is 404 g/mol. The number of hydrogen-bond donors (Lipinski definition) is 2. The summed E-state index contributed by atoms with van der Waals surface area (Å²) in [5.74, 6) is 0.827. The van der Waals surface area contributed by atoms with E-state index in [1.165, 1.54) is 25.0 Å². The van der Waals surface area contributed by atoms with Crippen molar-refractivity contribution in [3.8, 4) is 5.75 Å². The molecule has 0 saturated carbocycles. The summed E-state index contributed by atoms with van der Waals surface area (Å²) >= 11 is 0. The number of phenolic OH excluding ortho intramolecular Hbond substituents is 1. The molecule has 2 heterocycles. The molecular formula is C23H27F3N2O. The molecule has 0 aromatic heterocycles. The highest BCUT2D eigenvalue weighted by Gasteiger charge is 2.41. The van der Waals surface area contributed by atoms with Gasteiger partial charge in [0.1, 0.15) is 5.75 Å². The summed E-state index contributed by atoms with van der Waals surface area (Å²) in [6, 6.07) is 14.1. The zero-order chi connectivity index (χ0) is 20.4. The quantitative estimate of drug-likeness (QED) is 0.672. The molecule has 2 unspecified atom stereocenters. The van der Waals surface area contributed by atoms with Gasteiger partial charge in [-0.25, -0.2) is 0 Å². The van der Waals surface area contributed by atoms with Crippen LogP contribution in [0.5, 0.6) is 5.75 Å². The molecular weight excluding hydrogens is 377 g/mol. The summed E-state index contributed by atoms with van der Waals surface area (Å²) < 4.78 is 37.9. The molecule has 2 saturated heterocycles. The summed E-state index contributed by atoms with van der Waals surface area (Å²) in [6.07, 6.45) is 0.273. The van der Waals surface area contributed by atoms with Crippen LogP contribution in [-0.4, -0.2) is 35.2 Å². The lowest BCUT2D eigenvalue weighted by Gasteiger charge is -2.39. The van der Waals surface area contributed by atoms with Crippen molar-refractivity contribution in [1.29, 1.82) is 0 Å². The summed E-state index contributed by atoms with van der Waals surface area (Å²) in [4.78, 5) is 2.58. The van der Waals surface area contributed by atoms with E-state index in [9.17, 15) is 18.3 Å². The van der Waals surface area contributed by atoms with E-state index in [-0.39, 0.29) is 0 Å². The fourth-order valence-corrected chi connectivity index (χ4v) is 4.98. The number of halogens is 3. The van der Waals surface area contributed by atoms with Crippen molar-refractivity contribution in [2.45, 2.75) is 56.4 Å². The minimum absolute atomic E-state index is 0.406. The molecule has 156 valence electrons. The van der Waals surface area contributed by atoms with Gasteiger partial charge in [-0.05, 0) is 60.9 Å². The third-order valence-corrected chi connectivity index (χ3v) is 6.42. The van der Waals surface area contributed by atoms with Gasteiger partial charge < -0.3 is 10.4 Å². The second-order valence-electron chi connectivity index (χ2n) is 8.22. The lowest BCUT2D eigenvalue weighted by atomic mass is 9.84. The molecule has 0 amide bonds. The maximum atomic E-state index is 12.6. The number of aromatic hydroxyl groups is 1. The normalized spacial score (nSPS) is 24.7. The van der Waals surface area contributed by atoms with E-state index in [0.717, 1.165) is 49.2 Å². The molecule has 2 aromatic carbocycles. The van der Waals surface area contributed by atoms with Gasteiger partial charge in [0.2, 0.25) is 0 Å². The maximum absolute atomic E-state index is 12.6. The van der Waals surface area contributed by atoms with Crippen molar-refractivity contribution < 1.29 is 18.3 Å². The van der Waals surface area contributed by atoms with Gasteiger partial charge >= 0.3 is 6.18 Å². The van der Waals surface area contributed by atoms with Crippen molar-refractivity contribution in [3.05, 3.63) is 65.2 Å². The molecule has 2 bridgehead atoms. The minimum atomic E-state index is -4.28. The highest BCUT2D eigenvalue weighted by atomic mass is 19.4. The first-order valence-electron chi connectivity index (χ1n) is 10.3. The Bertz CT molecular complexity index is 808. The fourth-order valence-electron chi connectivity index (χ4n) is 4.98. The number of alkyl halides is 3. The van der Waals surface area contributed by atoms with Crippen LogP contribution in [0.1, 0.15) is 48.3 Å². The SMILES string of the molecule is Oc1ccccc1C1CC2CCC(C1)N2CCNCc1ccc(C(F)(F)F)cc1. The molecule has 4 rings (SSSR count). The summed E-state index contributed by atoms with van der Waals surface area (Å²) in [7, 11) is 0. The molecule has 6 heteroatoms. The number of fused-ring (bicyclic) bond motifs is 2. The molecule has 29 heavy (non-hydrogen) atoms. The van der Waals surface area contributed by atoms with E-state index in [1.807, 2.05) is 18.2 Å². The van der Waals surface area contributed by atoms with Gasteiger partial charge in [0, 0.05) is 31.7 Å². The van der Waals surface area contributed by atoms with E-state index in [1.54, 1.807) is 6.07 Å². The van der Waals surface area contributed by atoms with Crippen LogP contribution in [0.4, 0.5) is 13.2 Å². The average Bonchev–Trinajstić information content (AvgIpc) is 2.92. The first kappa shape index (κ1) is 20.2. The van der Waals surface area contributed by atoms with Gasteiger partial charge in [0.15, 0.2) is 0 Å². The predicted octanol–water partition coefficient (Wildman–Crippen LogP) is 4.91. The van der Waals surface area contributed by atoms with Crippen LogP contribution < -0.4 is 5.32 Å². The summed E-state index contributed by atoms with van der Waals surface area (Å²) in [6.45, 7) is 2.33. The number of phenols is 1. The Labute approximate surface area is 169 Å². The number of hydrogen-bond acceptors (Lipinski definition) is 3. The highest BCUT2D eigenvalue weighted by molar-refractivity contribution is 5.35. The number of benzene rings is 2. The summed E-state index contributed by atoms with van der Waals surface area (Å²) in [5.41, 5.74) is 1.33. The van der Waals surface area contributed by atoms with Crippen molar-refractivity contribution in [3.63, 3.8) is 0 Å². The van der Waals surface area contributed by atoms with E-state index in [4.69, 9.17) is 0 Å². The standard InChI is InChI=1S/C23H27F3N2O/c24-23(25,26)18-7-5-16(6-8-18)15-27-11-12-28-19-9-10-20(28)14-17(13-19)21-3-1-2-4-22(21)29/h1-8,17,19-20,27,29H,9-15H2. The number of para-hydroxylation sites is 1. The Hall–Kier alpha value is -2.05. The van der Waals surface area contributed by atoms with Crippen LogP contribution in [-0.2, 0) is 12.7 Å². The van der Waals surface area contributed by atoms with E-state index in [0.29, 0.717) is 30.3 Å². The van der Waals surface area contributed by atoms with Crippen LogP contribution >= 0.6 is 0 Å². The number of nitrogens with one attached hydrogen (secondary N) is 1. The minimum Gasteiger partial charge on any atom is -0.508 e. The number of nitrogens with zero attached hydrogens (tertiary/aromatic N) is 1. The Kier molecular flexibility index (Phi) is 5.83. The molecule has 0 radical (unpaired) electrons. The van der Waals surface area contributed by atoms with Gasteiger partial charge in [-0.15, -0.1) is 0 Å². The smallest absolute Gasteiger partial charge is 0.416 e. The molecule has 3 nitrogen and oxygen atoms in total. The second kappa shape index (κ2) is 8.36. The van der Waals surface area contributed by atoms with Gasteiger partial charge in [0.25, 0.3) is 0 Å². The Balaban J connectivity index is 1.26. The Morgan fingerprint density at radius 3 is 2.24 bits per heavy atom. The Morgan fingerprint density at radius 2 is 1.62 bits per heavy atom. The topological polar surface area (TPSA) is 35.5 Å². The van der Waals surface area contributed by atoms with Gasteiger partial charge in [-0.1, -0.05) is 30.3 Å². The van der Waals surface area contributed by atoms with E-state index >= 15 is 0 Å². The molecule has 2 atom stereocenters. The van der Waals surface area contributed by atoms with Gasteiger partial charge in [0.05, 0.1) is 5.56 Å². The largest absolute Gasteiger partial charge is 0.508 e. The lowest BCUT2D eigenvalue weighted by molar-refractivity contribution is -0.137. The average molecular weight is 404 g/mol. The molecule has 2 N–H and O–H groups in total. The van der Waals surface area contributed by atoms with Gasteiger partial charge in [-0.3, -0.25) is 4.90 Å². The van der Waals surface area contributed by atoms with Crippen LogP contribution in [0.2, 0.25) is 0 Å². The number of rotatable bonds is 6. The van der Waals surface area contributed by atoms with Crippen LogP contribution in [0.15, 0.2) is 48.5 Å². The summed E-state index contributed by atoms with van der Waals surface area (Å²) in [5, 5.41) is 13.5. The molecule has 0 spiro atoms. The molecule has 2 aromatic rings. The fraction of sp³-hybridized carbons (Fsp3) is 0.478. The maximum Gasteiger partial charge on any atom is 0.416 e. The van der Waals surface area contributed by atoms with Crippen LogP contribution in [0, 0.1) is 0 Å². The predicted molar refractivity (Wildman–Crippen MR) is 107 cm³/mol. The third kappa shape index (κ3) is 4.59. The van der Waals surface area contributed by atoms with Crippen LogP contribution in [0.25, 0.3) is 0 Å². The van der Waals surface area contributed by atoms with E-state index in [2.05, 4.69) is 10.2 Å². The zero-order valence-corrected chi connectivity index (χ0v) is 16.3. The first-order valence-corrected chi connectivity index (χ1v) is 10.3. The van der Waals surface area contributed by atoms with Crippen molar-refractivity contribution >= 4 is 0 Å². The molecule has 2 aliphatic rings. The Morgan fingerprint density at radius 1 is 0.966 bits per heavy atom. The van der Waals surface area contributed by atoms with Crippen molar-refractivity contribution in [1.82, 2.24) is 10.2 Å². The second-order valence-corrected chi connectivity index (χ2v) is 8.22.